The van der Waals surface area contributed by atoms with E-state index in [0.717, 1.165) is 12.1 Å². The average molecular weight is 343 g/mol. The van der Waals surface area contributed by atoms with Crippen molar-refractivity contribution in [3.05, 3.63) is 58.4 Å². The molecule has 0 aliphatic carbocycles. The number of pyridine rings is 1. The minimum absolute atomic E-state index is 0.0822. The van der Waals surface area contributed by atoms with E-state index in [1.807, 2.05) is 18.2 Å². The number of ether oxygens (including phenoxy) is 1. The zero-order chi connectivity index (χ0) is 17.6. The lowest BCUT2D eigenvalue weighted by molar-refractivity contribution is -0.119. The summed E-state index contributed by atoms with van der Waals surface area (Å²) >= 11 is 0. The van der Waals surface area contributed by atoms with Crippen molar-refractivity contribution in [1.29, 1.82) is 0 Å². The summed E-state index contributed by atoms with van der Waals surface area (Å²) in [7, 11) is 1.43. The molecule has 1 atom stereocenters. The highest BCUT2D eigenvalue weighted by Gasteiger charge is 2.24. The fourth-order valence-corrected chi connectivity index (χ4v) is 2.92. The summed E-state index contributed by atoms with van der Waals surface area (Å²) in [6, 6.07) is 7.29. The Hall–Kier alpha value is -2.67. The highest BCUT2D eigenvalue weighted by molar-refractivity contribution is 5.78. The van der Waals surface area contributed by atoms with Crippen LogP contribution in [-0.2, 0) is 17.9 Å². The number of carbonyl (C=O) groups excluding carboxylic acids is 1. The van der Waals surface area contributed by atoms with Gasteiger partial charge >= 0.3 is 0 Å². The number of nitrogens with one attached hydrogen (secondary N) is 1. The molecular weight excluding hydrogens is 322 g/mol. The zero-order valence-electron chi connectivity index (χ0n) is 14.1. The van der Waals surface area contributed by atoms with E-state index >= 15 is 0 Å². The third-order valence-corrected chi connectivity index (χ3v) is 4.13. The lowest BCUT2D eigenvalue weighted by Crippen LogP contribution is -2.38. The lowest BCUT2D eigenvalue weighted by Gasteiger charge is -2.24. The highest BCUT2D eigenvalue weighted by atomic mass is 16.5. The van der Waals surface area contributed by atoms with Crippen LogP contribution in [0.4, 0.5) is 0 Å². The summed E-state index contributed by atoms with van der Waals surface area (Å²) in [6.45, 7) is 1.71. The summed E-state index contributed by atoms with van der Waals surface area (Å²) in [4.78, 5) is 29.8. The number of hydrogen-bond donors (Lipinski definition) is 1. The molecule has 0 radical (unpaired) electrons. The van der Waals surface area contributed by atoms with E-state index in [2.05, 4.69) is 15.2 Å². The van der Waals surface area contributed by atoms with E-state index in [9.17, 15) is 9.59 Å². The smallest absolute Gasteiger partial charge is 0.227 e. The predicted octanol–water partition coefficient (Wildman–Crippen LogP) is 1.32. The van der Waals surface area contributed by atoms with Gasteiger partial charge in [0.05, 0.1) is 19.3 Å². The van der Waals surface area contributed by atoms with Crippen molar-refractivity contribution >= 4 is 5.91 Å². The monoisotopic (exact) mass is 343 g/mol. The Morgan fingerprint density at radius 2 is 2.24 bits per heavy atom. The van der Waals surface area contributed by atoms with Gasteiger partial charge in [-0.05, 0) is 18.6 Å². The van der Waals surface area contributed by atoms with Crippen LogP contribution in [0.2, 0.25) is 0 Å². The standard InChI is InChI=1S/C18H21N3O4/c1-24-17-12-25-15(8-16(17)22)11-21(9-13-4-2-3-7-19-13)10-14-5-6-18(23)20-14/h2-4,7-8,12,14H,5-6,9-11H2,1H3,(H,20,23)/t14-/m0/s1. The Morgan fingerprint density at radius 3 is 2.88 bits per heavy atom. The highest BCUT2D eigenvalue weighted by Crippen LogP contribution is 2.14. The molecule has 132 valence electrons. The van der Waals surface area contributed by atoms with Crippen LogP contribution in [-0.4, -0.2) is 35.5 Å². The van der Waals surface area contributed by atoms with Gasteiger partial charge in [-0.2, -0.15) is 0 Å². The fourth-order valence-electron chi connectivity index (χ4n) is 2.92. The molecule has 7 nitrogen and oxygen atoms in total. The Morgan fingerprint density at radius 1 is 1.36 bits per heavy atom. The number of methoxy groups -OCH3 is 1. The molecule has 3 heterocycles. The molecule has 1 saturated heterocycles. The number of nitrogens with zero attached hydrogens (tertiary/aromatic N) is 2. The molecule has 25 heavy (non-hydrogen) atoms. The third kappa shape index (κ3) is 4.67. The van der Waals surface area contributed by atoms with Crippen molar-refractivity contribution in [2.45, 2.75) is 32.0 Å². The van der Waals surface area contributed by atoms with Crippen molar-refractivity contribution in [2.24, 2.45) is 0 Å². The first-order chi connectivity index (χ1) is 12.1. The van der Waals surface area contributed by atoms with E-state index < -0.39 is 0 Å². The summed E-state index contributed by atoms with van der Waals surface area (Å²) < 4.78 is 10.5. The van der Waals surface area contributed by atoms with Crippen LogP contribution in [0.15, 0.2) is 45.9 Å². The van der Waals surface area contributed by atoms with Gasteiger partial charge in [-0.3, -0.25) is 19.5 Å². The second kappa shape index (κ2) is 7.94. The van der Waals surface area contributed by atoms with E-state index in [0.29, 0.717) is 31.8 Å². The number of amides is 1. The molecule has 1 N–H and O–H groups in total. The number of rotatable bonds is 7. The van der Waals surface area contributed by atoms with Gasteiger partial charge in [0, 0.05) is 37.8 Å². The van der Waals surface area contributed by atoms with Crippen molar-refractivity contribution in [1.82, 2.24) is 15.2 Å². The van der Waals surface area contributed by atoms with Gasteiger partial charge in [0.1, 0.15) is 12.0 Å². The Labute approximate surface area is 145 Å². The molecular formula is C18H21N3O4. The number of aromatic nitrogens is 1. The van der Waals surface area contributed by atoms with Gasteiger partial charge in [0.25, 0.3) is 0 Å². The predicted molar refractivity (Wildman–Crippen MR) is 91.0 cm³/mol. The van der Waals surface area contributed by atoms with E-state index in [-0.39, 0.29) is 23.1 Å². The molecule has 1 aliphatic heterocycles. The summed E-state index contributed by atoms with van der Waals surface area (Å²) in [5.74, 6) is 0.813. The first-order valence-corrected chi connectivity index (χ1v) is 8.21. The minimum atomic E-state index is -0.212. The normalized spacial score (nSPS) is 16.9. The molecule has 1 aliphatic rings. The van der Waals surface area contributed by atoms with Crippen LogP contribution in [0.1, 0.15) is 24.3 Å². The fraction of sp³-hybridized carbons (Fsp3) is 0.389. The van der Waals surface area contributed by atoms with Gasteiger partial charge < -0.3 is 14.5 Å². The first kappa shape index (κ1) is 17.2. The van der Waals surface area contributed by atoms with Gasteiger partial charge in [-0.25, -0.2) is 0 Å². The lowest BCUT2D eigenvalue weighted by atomic mass is 10.2. The van der Waals surface area contributed by atoms with Gasteiger partial charge in [0.2, 0.25) is 17.1 Å². The van der Waals surface area contributed by atoms with Crippen LogP contribution in [0.5, 0.6) is 5.75 Å². The summed E-state index contributed by atoms with van der Waals surface area (Å²) in [5, 5.41) is 2.97. The molecule has 0 bridgehead atoms. The van der Waals surface area contributed by atoms with Crippen molar-refractivity contribution < 1.29 is 13.9 Å². The Balaban J connectivity index is 1.74. The van der Waals surface area contributed by atoms with Gasteiger partial charge in [0.15, 0.2) is 0 Å². The average Bonchev–Trinajstić information content (AvgIpc) is 3.01. The minimum Gasteiger partial charge on any atom is -0.490 e. The number of hydrogen-bond acceptors (Lipinski definition) is 6. The third-order valence-electron chi connectivity index (χ3n) is 4.13. The molecule has 1 fully saturated rings. The Kier molecular flexibility index (Phi) is 5.45. The maximum atomic E-state index is 11.9. The quantitative estimate of drug-likeness (QED) is 0.816. The molecule has 0 saturated carbocycles. The zero-order valence-corrected chi connectivity index (χ0v) is 14.1. The van der Waals surface area contributed by atoms with Crippen molar-refractivity contribution in [2.75, 3.05) is 13.7 Å². The van der Waals surface area contributed by atoms with Crippen LogP contribution >= 0.6 is 0 Å². The second-order valence-corrected chi connectivity index (χ2v) is 6.07. The maximum Gasteiger partial charge on any atom is 0.227 e. The molecule has 0 unspecified atom stereocenters. The van der Waals surface area contributed by atoms with Crippen molar-refractivity contribution in [3.8, 4) is 5.75 Å². The molecule has 3 rings (SSSR count). The number of carbonyl (C=O) groups is 1. The van der Waals surface area contributed by atoms with E-state index in [4.69, 9.17) is 9.15 Å². The van der Waals surface area contributed by atoms with E-state index in [1.165, 1.54) is 19.4 Å². The van der Waals surface area contributed by atoms with Crippen LogP contribution in [0, 0.1) is 0 Å². The largest absolute Gasteiger partial charge is 0.490 e. The Bertz CT molecular complexity index is 775. The second-order valence-electron chi connectivity index (χ2n) is 6.07. The molecule has 2 aromatic rings. The van der Waals surface area contributed by atoms with Gasteiger partial charge in [-0.15, -0.1) is 0 Å². The molecule has 0 aromatic carbocycles. The molecule has 2 aromatic heterocycles. The SMILES string of the molecule is COc1coc(CN(Cc2ccccn2)C[C@@H]2CCC(=O)N2)cc1=O. The maximum absolute atomic E-state index is 11.9. The molecule has 0 spiro atoms. The molecule has 1 amide bonds. The first-order valence-electron chi connectivity index (χ1n) is 8.21. The molecule has 7 heteroatoms. The van der Waals surface area contributed by atoms with Crippen LogP contribution in [0.25, 0.3) is 0 Å². The van der Waals surface area contributed by atoms with Crippen molar-refractivity contribution in [3.63, 3.8) is 0 Å². The van der Waals surface area contributed by atoms with E-state index in [1.54, 1.807) is 6.20 Å². The summed E-state index contributed by atoms with van der Waals surface area (Å²) in [5.41, 5.74) is 0.707. The summed E-state index contributed by atoms with van der Waals surface area (Å²) in [6.07, 6.45) is 4.44. The topological polar surface area (TPSA) is 84.7 Å². The van der Waals surface area contributed by atoms with Crippen LogP contribution in [0.3, 0.4) is 0 Å². The van der Waals surface area contributed by atoms with Crippen LogP contribution < -0.4 is 15.5 Å². The van der Waals surface area contributed by atoms with Gasteiger partial charge in [-0.1, -0.05) is 6.07 Å².